The highest BCUT2D eigenvalue weighted by molar-refractivity contribution is 7.07. The number of ether oxygens (including phenoxy) is 3. The Morgan fingerprint density at radius 2 is 1.44 bits per heavy atom. The number of fused-ring (bicyclic) bond motifs is 1. The fourth-order valence-electron chi connectivity index (χ4n) is 6.88. The summed E-state index contributed by atoms with van der Waals surface area (Å²) in [7, 11) is 0. The monoisotopic (exact) mass is 751 g/mol. The van der Waals surface area contributed by atoms with E-state index in [-0.39, 0.29) is 36.4 Å². The Morgan fingerprint density at radius 3 is 2.09 bits per heavy atom. The minimum absolute atomic E-state index is 0.145. The maximum Gasteiger partial charge on any atom is 0.338 e. The minimum Gasteiger partial charge on any atom is -0.491 e. The van der Waals surface area contributed by atoms with Crippen molar-refractivity contribution in [1.82, 2.24) is 9.13 Å². The first-order chi connectivity index (χ1) is 26.7. The molecule has 0 saturated heterocycles. The Morgan fingerprint density at radius 1 is 0.818 bits per heavy atom. The second-order valence-electron chi connectivity index (χ2n) is 13.2. The predicted octanol–water partition coefficient (Wildman–Crippen LogP) is 7.89. The minimum atomic E-state index is -0.830. The number of aromatic nitrogens is 2. The Balaban J connectivity index is 1.49. The zero-order valence-electron chi connectivity index (χ0n) is 31.3. The molecule has 2 aromatic heterocycles. The molecule has 1 aliphatic rings. The Labute approximate surface area is 323 Å². The molecule has 0 radical (unpaired) electrons. The molecule has 55 heavy (non-hydrogen) atoms. The van der Waals surface area contributed by atoms with Crippen LogP contribution in [0.2, 0.25) is 0 Å². The third-order valence-corrected chi connectivity index (χ3v) is 10.1. The molecule has 6 aromatic rings. The molecule has 0 bridgehead atoms. The van der Waals surface area contributed by atoms with Gasteiger partial charge in [0, 0.05) is 16.8 Å². The second kappa shape index (κ2) is 16.0. The molecule has 0 saturated carbocycles. The number of rotatable bonds is 11. The molecule has 0 aliphatic carbocycles. The van der Waals surface area contributed by atoms with Crippen molar-refractivity contribution in [3.8, 4) is 34.0 Å². The van der Waals surface area contributed by atoms with E-state index in [0.29, 0.717) is 31.9 Å². The van der Waals surface area contributed by atoms with Crippen LogP contribution in [0.3, 0.4) is 0 Å². The summed E-state index contributed by atoms with van der Waals surface area (Å²) in [6, 6.07) is 36.1. The number of hydrogen-bond acceptors (Lipinski definition) is 8. The Hall–Kier alpha value is -6.26. The van der Waals surface area contributed by atoms with Crippen LogP contribution in [0.25, 0.3) is 34.3 Å². The van der Waals surface area contributed by atoms with Gasteiger partial charge in [0.1, 0.15) is 11.8 Å². The van der Waals surface area contributed by atoms with Crippen molar-refractivity contribution in [3.63, 3.8) is 0 Å². The van der Waals surface area contributed by atoms with Gasteiger partial charge in [-0.05, 0) is 88.2 Å². The van der Waals surface area contributed by atoms with Crippen molar-refractivity contribution >= 4 is 29.4 Å². The lowest BCUT2D eigenvalue weighted by atomic mass is 9.95. The number of allylic oxidation sites excluding steroid dienone is 1. The molecule has 0 N–H and O–H groups in total. The fraction of sp³-hybridized carbons (Fsp3) is 0.200. The van der Waals surface area contributed by atoms with Gasteiger partial charge in [-0.3, -0.25) is 9.36 Å². The summed E-state index contributed by atoms with van der Waals surface area (Å²) in [5, 5.41) is 0. The van der Waals surface area contributed by atoms with Gasteiger partial charge in [0.2, 0.25) is 0 Å². The first-order valence-electron chi connectivity index (χ1n) is 18.3. The van der Waals surface area contributed by atoms with Crippen molar-refractivity contribution in [3.05, 3.63) is 163 Å². The quantitative estimate of drug-likeness (QED) is 0.125. The van der Waals surface area contributed by atoms with Crippen molar-refractivity contribution < 1.29 is 23.8 Å². The Kier molecular flexibility index (Phi) is 10.8. The van der Waals surface area contributed by atoms with Crippen LogP contribution in [0.4, 0.5) is 0 Å². The molecule has 0 unspecified atom stereocenters. The normalized spacial score (nSPS) is 14.1. The highest BCUT2D eigenvalue weighted by Crippen LogP contribution is 2.38. The third kappa shape index (κ3) is 7.33. The lowest BCUT2D eigenvalue weighted by molar-refractivity contribution is -0.139. The second-order valence-corrected chi connectivity index (χ2v) is 14.2. The molecule has 7 rings (SSSR count). The van der Waals surface area contributed by atoms with Gasteiger partial charge in [-0.15, -0.1) is 0 Å². The lowest BCUT2D eigenvalue weighted by Crippen LogP contribution is -2.40. The van der Waals surface area contributed by atoms with Gasteiger partial charge in [-0.1, -0.05) is 90.2 Å². The van der Waals surface area contributed by atoms with E-state index in [9.17, 15) is 14.4 Å². The lowest BCUT2D eigenvalue weighted by Gasteiger charge is -2.26. The van der Waals surface area contributed by atoms with Crippen LogP contribution in [0, 0.1) is 0 Å². The van der Waals surface area contributed by atoms with E-state index in [1.54, 1.807) is 37.5 Å². The van der Waals surface area contributed by atoms with Gasteiger partial charge in [-0.2, -0.15) is 0 Å². The zero-order chi connectivity index (χ0) is 38.6. The number of carbonyl (C=O) groups excluding carboxylic acids is 2. The van der Waals surface area contributed by atoms with Crippen molar-refractivity contribution in [2.75, 3.05) is 13.2 Å². The van der Waals surface area contributed by atoms with Crippen LogP contribution >= 0.6 is 11.3 Å². The number of carbonyl (C=O) groups is 2. The number of nitrogens with zero attached hydrogens (tertiary/aromatic N) is 3. The molecule has 0 amide bonds. The van der Waals surface area contributed by atoms with Crippen LogP contribution in [-0.4, -0.2) is 40.4 Å². The molecule has 4 aromatic carbocycles. The van der Waals surface area contributed by atoms with E-state index in [0.717, 1.165) is 33.8 Å². The molecule has 9 nitrogen and oxygen atoms in total. The van der Waals surface area contributed by atoms with E-state index in [2.05, 4.69) is 10.6 Å². The molecule has 0 spiro atoms. The molecule has 10 heteroatoms. The van der Waals surface area contributed by atoms with Crippen LogP contribution in [0.5, 0.6) is 5.75 Å². The van der Waals surface area contributed by atoms with Gasteiger partial charge in [0.05, 0.1) is 52.1 Å². The number of hydrogen-bond donors (Lipinski definition) is 0. The highest BCUT2D eigenvalue weighted by atomic mass is 32.1. The molecular formula is C45H41N3O6S. The highest BCUT2D eigenvalue weighted by Gasteiger charge is 2.35. The van der Waals surface area contributed by atoms with Gasteiger partial charge >= 0.3 is 11.9 Å². The first-order valence-corrected chi connectivity index (χ1v) is 19.1. The molecule has 278 valence electrons. The smallest absolute Gasteiger partial charge is 0.338 e. The summed E-state index contributed by atoms with van der Waals surface area (Å²) < 4.78 is 21.2. The fourth-order valence-corrected chi connectivity index (χ4v) is 7.91. The summed E-state index contributed by atoms with van der Waals surface area (Å²) >= 11 is 1.27. The van der Waals surface area contributed by atoms with Crippen LogP contribution in [-0.2, 0) is 14.3 Å². The molecule has 1 atom stereocenters. The van der Waals surface area contributed by atoms with Gasteiger partial charge < -0.3 is 18.8 Å². The molecule has 1 aliphatic heterocycles. The van der Waals surface area contributed by atoms with Gasteiger partial charge in [0.15, 0.2) is 4.80 Å². The van der Waals surface area contributed by atoms with Gasteiger partial charge in [-0.25, -0.2) is 14.6 Å². The zero-order valence-corrected chi connectivity index (χ0v) is 32.1. The SMILES string of the molecule is CCOC(=O)C1=C(C)N=c2s/c(=C\c3cc(-c4ccccc4)n(-c4ccc(C(=O)OCC)cc4)c3-c3ccccc3)c(=O)n2[C@H]1c1ccccc1OC(C)C. The van der Waals surface area contributed by atoms with E-state index < -0.39 is 12.0 Å². The van der Waals surface area contributed by atoms with E-state index in [1.165, 1.54) is 11.3 Å². The molecule has 0 fully saturated rings. The largest absolute Gasteiger partial charge is 0.491 e. The standard InChI is InChI=1S/C45H41N3O6S/c1-6-52-43(50)32-22-24-34(25-23-32)47-36(30-16-10-8-11-17-30)26-33(40(47)31-18-12-9-13-19-31)27-38-42(49)48-41(35-20-14-15-21-37(35)54-28(3)4)39(44(51)53-7-2)29(5)46-45(48)55-38/h8-28,41H,6-7H2,1-5H3/b38-27-/t41-/m0/s1. The van der Waals surface area contributed by atoms with Crippen LogP contribution < -0.4 is 19.6 Å². The van der Waals surface area contributed by atoms with Gasteiger partial charge in [0.25, 0.3) is 5.56 Å². The third-order valence-electron chi connectivity index (χ3n) is 9.16. The summed E-state index contributed by atoms with van der Waals surface area (Å²) in [5.41, 5.74) is 6.83. The summed E-state index contributed by atoms with van der Waals surface area (Å²) in [6.45, 7) is 9.63. The topological polar surface area (TPSA) is 101 Å². The summed E-state index contributed by atoms with van der Waals surface area (Å²) in [6.07, 6.45) is 1.76. The number of benzene rings is 4. The number of esters is 2. The van der Waals surface area contributed by atoms with Crippen molar-refractivity contribution in [1.29, 1.82) is 0 Å². The maximum absolute atomic E-state index is 14.8. The first kappa shape index (κ1) is 37.1. The maximum atomic E-state index is 14.8. The van der Waals surface area contributed by atoms with Crippen molar-refractivity contribution in [2.45, 2.75) is 46.8 Å². The summed E-state index contributed by atoms with van der Waals surface area (Å²) in [4.78, 5) is 46.3. The van der Waals surface area contributed by atoms with Crippen LogP contribution in [0.1, 0.15) is 62.1 Å². The molecule has 3 heterocycles. The number of para-hydroxylation sites is 1. The molecular weight excluding hydrogens is 711 g/mol. The van der Waals surface area contributed by atoms with Crippen molar-refractivity contribution in [2.24, 2.45) is 4.99 Å². The van der Waals surface area contributed by atoms with Crippen LogP contribution in [0.15, 0.2) is 136 Å². The average molecular weight is 752 g/mol. The average Bonchev–Trinajstić information content (AvgIpc) is 3.72. The Bertz CT molecular complexity index is 2580. The predicted molar refractivity (Wildman–Crippen MR) is 215 cm³/mol. The number of thiazole rings is 1. The van der Waals surface area contributed by atoms with E-state index in [1.807, 2.05) is 117 Å². The van der Waals surface area contributed by atoms with E-state index in [4.69, 9.17) is 19.2 Å². The van der Waals surface area contributed by atoms with E-state index >= 15 is 0 Å². The summed E-state index contributed by atoms with van der Waals surface area (Å²) in [5.74, 6) is -0.354.